The lowest BCUT2D eigenvalue weighted by atomic mass is 10.0. The Kier molecular flexibility index (Phi) is 39.4. The molecular formula is C34H70O7. The van der Waals surface area contributed by atoms with Gasteiger partial charge in [-0.1, -0.05) is 117 Å². The Morgan fingerprint density at radius 2 is 0.390 bits per heavy atom. The molecule has 0 bridgehead atoms. The molecule has 0 radical (unpaired) electrons. The molecule has 0 aromatic heterocycles. The SMILES string of the molecule is CCCCCCCCCCCCCCCCCCOCCOCCOCCOCCOCCOCCOCCCC. The average molecular weight is 591 g/mol. The van der Waals surface area contributed by atoms with Crippen molar-refractivity contribution in [3.05, 3.63) is 0 Å². The highest BCUT2D eigenvalue weighted by Crippen LogP contribution is 2.13. The first kappa shape index (κ1) is 40.7. The van der Waals surface area contributed by atoms with E-state index in [-0.39, 0.29) is 0 Å². The topological polar surface area (TPSA) is 64.6 Å². The lowest BCUT2D eigenvalue weighted by Crippen LogP contribution is -2.14. The number of hydrogen-bond donors (Lipinski definition) is 0. The van der Waals surface area contributed by atoms with Crippen molar-refractivity contribution < 1.29 is 33.2 Å². The van der Waals surface area contributed by atoms with Crippen molar-refractivity contribution in [2.24, 2.45) is 0 Å². The number of hydrogen-bond acceptors (Lipinski definition) is 7. The zero-order valence-corrected chi connectivity index (χ0v) is 27.5. The predicted octanol–water partition coefficient (Wildman–Crippen LogP) is 8.16. The van der Waals surface area contributed by atoms with E-state index in [2.05, 4.69) is 13.8 Å². The molecule has 0 saturated heterocycles. The van der Waals surface area contributed by atoms with Crippen LogP contribution in [0.15, 0.2) is 0 Å². The van der Waals surface area contributed by atoms with Gasteiger partial charge in [0.15, 0.2) is 0 Å². The number of rotatable bonds is 38. The van der Waals surface area contributed by atoms with Crippen LogP contribution in [0.3, 0.4) is 0 Å². The molecule has 0 aliphatic heterocycles. The molecule has 0 heterocycles. The van der Waals surface area contributed by atoms with E-state index in [9.17, 15) is 0 Å². The first-order valence-electron chi connectivity index (χ1n) is 17.5. The van der Waals surface area contributed by atoms with Crippen LogP contribution in [-0.4, -0.2) is 92.5 Å². The summed E-state index contributed by atoms with van der Waals surface area (Å²) in [5.74, 6) is 0. The third-order valence-electron chi connectivity index (χ3n) is 7.02. The normalized spacial score (nSPS) is 11.6. The van der Waals surface area contributed by atoms with E-state index in [4.69, 9.17) is 33.2 Å². The minimum absolute atomic E-state index is 0.566. The molecule has 248 valence electrons. The standard InChI is InChI=1S/C34H70O7/c1-3-5-7-8-9-10-11-12-13-14-15-16-17-18-19-20-22-36-24-26-38-28-30-40-32-34-41-33-31-39-29-27-37-25-23-35-21-6-4-2/h3-34H2,1-2H3. The fourth-order valence-corrected chi connectivity index (χ4v) is 4.42. The Balaban J connectivity index is 3.02. The second-order valence-electron chi connectivity index (χ2n) is 10.9. The summed E-state index contributed by atoms with van der Waals surface area (Å²) in [7, 11) is 0. The first-order chi connectivity index (χ1) is 20.4. The smallest absolute Gasteiger partial charge is 0.0701 e. The molecule has 0 unspecified atom stereocenters. The van der Waals surface area contributed by atoms with Crippen LogP contribution >= 0.6 is 0 Å². The zero-order valence-electron chi connectivity index (χ0n) is 27.5. The molecule has 0 N–H and O–H groups in total. The van der Waals surface area contributed by atoms with Crippen molar-refractivity contribution in [1.29, 1.82) is 0 Å². The van der Waals surface area contributed by atoms with E-state index in [0.29, 0.717) is 79.3 Å². The summed E-state index contributed by atoms with van der Waals surface area (Å²) in [5, 5.41) is 0. The van der Waals surface area contributed by atoms with Gasteiger partial charge in [0.1, 0.15) is 0 Å². The highest BCUT2D eigenvalue weighted by molar-refractivity contribution is 4.50. The van der Waals surface area contributed by atoms with Crippen molar-refractivity contribution in [1.82, 2.24) is 0 Å². The maximum atomic E-state index is 5.68. The Morgan fingerprint density at radius 1 is 0.195 bits per heavy atom. The molecule has 7 nitrogen and oxygen atoms in total. The summed E-state index contributed by atoms with van der Waals surface area (Å²) in [6.07, 6.45) is 24.6. The molecule has 0 aromatic carbocycles. The van der Waals surface area contributed by atoms with Crippen LogP contribution in [0.2, 0.25) is 0 Å². The molecule has 41 heavy (non-hydrogen) atoms. The molecule has 0 aromatic rings. The zero-order chi connectivity index (χ0) is 29.6. The van der Waals surface area contributed by atoms with Crippen molar-refractivity contribution in [2.45, 2.75) is 129 Å². The minimum Gasteiger partial charge on any atom is -0.379 e. The summed E-state index contributed by atoms with van der Waals surface area (Å²) in [4.78, 5) is 0. The largest absolute Gasteiger partial charge is 0.379 e. The van der Waals surface area contributed by atoms with Gasteiger partial charge in [0, 0.05) is 13.2 Å². The van der Waals surface area contributed by atoms with E-state index in [1.807, 2.05) is 0 Å². The van der Waals surface area contributed by atoms with Gasteiger partial charge >= 0.3 is 0 Å². The Morgan fingerprint density at radius 3 is 0.659 bits per heavy atom. The van der Waals surface area contributed by atoms with Gasteiger partial charge < -0.3 is 33.2 Å². The highest BCUT2D eigenvalue weighted by atomic mass is 16.6. The summed E-state index contributed by atoms with van der Waals surface area (Å²) in [5.41, 5.74) is 0. The maximum absolute atomic E-state index is 5.68. The Hall–Kier alpha value is -0.280. The third kappa shape index (κ3) is 39.7. The van der Waals surface area contributed by atoms with E-state index in [0.717, 1.165) is 32.5 Å². The van der Waals surface area contributed by atoms with Crippen LogP contribution in [0.5, 0.6) is 0 Å². The quantitative estimate of drug-likeness (QED) is 0.0672. The fourth-order valence-electron chi connectivity index (χ4n) is 4.42. The van der Waals surface area contributed by atoms with Crippen LogP contribution in [0.25, 0.3) is 0 Å². The summed E-state index contributed by atoms with van der Waals surface area (Å²) in [6.45, 7) is 13.3. The summed E-state index contributed by atoms with van der Waals surface area (Å²) in [6, 6.07) is 0. The van der Waals surface area contributed by atoms with Crippen molar-refractivity contribution >= 4 is 0 Å². The third-order valence-corrected chi connectivity index (χ3v) is 7.02. The maximum Gasteiger partial charge on any atom is 0.0701 e. The van der Waals surface area contributed by atoms with Crippen molar-refractivity contribution in [3.63, 3.8) is 0 Å². The second kappa shape index (κ2) is 39.7. The second-order valence-corrected chi connectivity index (χ2v) is 10.9. The van der Waals surface area contributed by atoms with Crippen molar-refractivity contribution in [2.75, 3.05) is 92.5 Å². The van der Waals surface area contributed by atoms with Gasteiger partial charge in [-0.15, -0.1) is 0 Å². The number of ether oxygens (including phenoxy) is 7. The lowest BCUT2D eigenvalue weighted by Gasteiger charge is -2.08. The van der Waals surface area contributed by atoms with Gasteiger partial charge in [0.25, 0.3) is 0 Å². The van der Waals surface area contributed by atoms with Gasteiger partial charge in [-0.2, -0.15) is 0 Å². The minimum atomic E-state index is 0.566. The summed E-state index contributed by atoms with van der Waals surface area (Å²) >= 11 is 0. The molecule has 0 fully saturated rings. The van der Waals surface area contributed by atoms with Gasteiger partial charge in [-0.25, -0.2) is 0 Å². The molecule has 7 heteroatoms. The summed E-state index contributed by atoms with van der Waals surface area (Å²) < 4.78 is 38.6. The van der Waals surface area contributed by atoms with Gasteiger partial charge in [0.2, 0.25) is 0 Å². The first-order valence-corrected chi connectivity index (χ1v) is 17.5. The van der Waals surface area contributed by atoms with Crippen LogP contribution in [0.1, 0.15) is 129 Å². The van der Waals surface area contributed by atoms with Crippen LogP contribution in [-0.2, 0) is 33.2 Å². The molecular weight excluding hydrogens is 520 g/mol. The molecule has 0 atom stereocenters. The van der Waals surface area contributed by atoms with E-state index in [1.165, 1.54) is 96.3 Å². The molecule has 0 rings (SSSR count). The molecule has 0 aliphatic rings. The molecule has 0 saturated carbocycles. The van der Waals surface area contributed by atoms with Gasteiger partial charge in [-0.3, -0.25) is 0 Å². The monoisotopic (exact) mass is 591 g/mol. The Labute approximate surface area is 255 Å². The highest BCUT2D eigenvalue weighted by Gasteiger charge is 1.97. The van der Waals surface area contributed by atoms with Crippen LogP contribution < -0.4 is 0 Å². The molecule has 0 amide bonds. The molecule has 0 spiro atoms. The van der Waals surface area contributed by atoms with Gasteiger partial charge in [0.05, 0.1) is 79.3 Å². The van der Waals surface area contributed by atoms with E-state index in [1.54, 1.807) is 0 Å². The fraction of sp³-hybridized carbons (Fsp3) is 1.00. The Bertz CT molecular complexity index is 401. The van der Waals surface area contributed by atoms with Crippen LogP contribution in [0.4, 0.5) is 0 Å². The van der Waals surface area contributed by atoms with Gasteiger partial charge in [-0.05, 0) is 12.8 Å². The molecule has 0 aliphatic carbocycles. The van der Waals surface area contributed by atoms with Crippen molar-refractivity contribution in [3.8, 4) is 0 Å². The number of unbranched alkanes of at least 4 members (excludes halogenated alkanes) is 16. The van der Waals surface area contributed by atoms with Crippen LogP contribution in [0, 0.1) is 0 Å². The van der Waals surface area contributed by atoms with E-state index < -0.39 is 0 Å². The predicted molar refractivity (Wildman–Crippen MR) is 170 cm³/mol. The van der Waals surface area contributed by atoms with E-state index >= 15 is 0 Å². The average Bonchev–Trinajstić information content (AvgIpc) is 2.98. The lowest BCUT2D eigenvalue weighted by molar-refractivity contribution is -0.0206.